The van der Waals surface area contributed by atoms with Gasteiger partial charge in [0.15, 0.2) is 5.82 Å². The molecular formula is C14H21N7O. The molecule has 0 fully saturated rings. The van der Waals surface area contributed by atoms with Crippen molar-refractivity contribution in [3.8, 4) is 0 Å². The smallest absolute Gasteiger partial charge is 0.317 e. The highest BCUT2D eigenvalue weighted by Crippen LogP contribution is 2.14. The summed E-state index contributed by atoms with van der Waals surface area (Å²) < 4.78 is 3.91. The van der Waals surface area contributed by atoms with Gasteiger partial charge in [0.1, 0.15) is 5.82 Å². The van der Waals surface area contributed by atoms with Crippen LogP contribution in [0.3, 0.4) is 0 Å². The van der Waals surface area contributed by atoms with E-state index in [-0.39, 0.29) is 12.1 Å². The molecule has 1 aliphatic rings. The normalized spacial score (nSPS) is 14.6. The minimum atomic E-state index is -0.116. The van der Waals surface area contributed by atoms with E-state index < -0.39 is 0 Å². The summed E-state index contributed by atoms with van der Waals surface area (Å²) in [6.45, 7) is 4.02. The Hall–Kier alpha value is -2.38. The Bertz CT molecular complexity index is 634. The van der Waals surface area contributed by atoms with Crippen molar-refractivity contribution in [2.45, 2.75) is 45.4 Å². The maximum Gasteiger partial charge on any atom is 0.317 e. The fourth-order valence-corrected chi connectivity index (χ4v) is 2.67. The Morgan fingerprint density at radius 3 is 3.14 bits per heavy atom. The summed E-state index contributed by atoms with van der Waals surface area (Å²) in [7, 11) is 1.77. The van der Waals surface area contributed by atoms with Crippen molar-refractivity contribution in [2.75, 3.05) is 7.05 Å². The van der Waals surface area contributed by atoms with Gasteiger partial charge in [-0.3, -0.25) is 4.68 Å². The van der Waals surface area contributed by atoms with Gasteiger partial charge in [0.25, 0.3) is 0 Å². The van der Waals surface area contributed by atoms with Crippen LogP contribution < -0.4 is 5.32 Å². The number of carbonyl (C=O) groups excluding carboxylic acids is 1. The Kier molecular flexibility index (Phi) is 4.08. The Morgan fingerprint density at radius 2 is 2.36 bits per heavy atom. The number of nitrogens with zero attached hydrogens (tertiary/aromatic N) is 6. The largest absolute Gasteiger partial charge is 0.334 e. The number of carbonyl (C=O) groups is 1. The lowest BCUT2D eigenvalue weighted by molar-refractivity contribution is 0.200. The number of aromatic nitrogens is 5. The maximum atomic E-state index is 12.2. The summed E-state index contributed by atoms with van der Waals surface area (Å²) in [5.74, 6) is 1.88. The summed E-state index contributed by atoms with van der Waals surface area (Å²) >= 11 is 0. The van der Waals surface area contributed by atoms with Crippen molar-refractivity contribution in [3.63, 3.8) is 0 Å². The molecule has 3 rings (SSSR count). The van der Waals surface area contributed by atoms with Gasteiger partial charge in [-0.25, -0.2) is 4.79 Å². The van der Waals surface area contributed by atoms with E-state index in [0.717, 1.165) is 31.0 Å². The first-order valence-electron chi connectivity index (χ1n) is 7.53. The van der Waals surface area contributed by atoms with E-state index in [1.54, 1.807) is 22.8 Å². The minimum Gasteiger partial charge on any atom is -0.334 e. The fourth-order valence-electron chi connectivity index (χ4n) is 2.67. The van der Waals surface area contributed by atoms with Crippen molar-refractivity contribution >= 4 is 6.03 Å². The van der Waals surface area contributed by atoms with Gasteiger partial charge >= 0.3 is 6.03 Å². The number of hydrogen-bond donors (Lipinski definition) is 1. The van der Waals surface area contributed by atoms with Crippen LogP contribution in [0.4, 0.5) is 4.79 Å². The molecule has 0 spiro atoms. The zero-order valence-electron chi connectivity index (χ0n) is 12.9. The van der Waals surface area contributed by atoms with Crippen LogP contribution in [0.15, 0.2) is 18.5 Å². The molecule has 0 unspecified atom stereocenters. The van der Waals surface area contributed by atoms with Crippen molar-refractivity contribution in [2.24, 2.45) is 0 Å². The topological polar surface area (TPSA) is 80.9 Å². The molecule has 0 aromatic carbocycles. The van der Waals surface area contributed by atoms with Crippen LogP contribution in [-0.4, -0.2) is 48.6 Å². The molecule has 0 aliphatic carbocycles. The SMILES string of the molecule is C[C@H](Cn1cccn1)NC(=O)N(C)Cc1nnc2n1CCC2. The third kappa shape index (κ3) is 3.10. The molecule has 3 heterocycles. The van der Waals surface area contributed by atoms with Gasteiger partial charge < -0.3 is 14.8 Å². The maximum absolute atomic E-state index is 12.2. The van der Waals surface area contributed by atoms with Gasteiger partial charge in [-0.1, -0.05) is 0 Å². The standard InChI is InChI=1S/C14H21N7O/c1-11(9-20-7-4-6-15-20)16-14(22)19(2)10-13-18-17-12-5-3-8-21(12)13/h4,6-7,11H,3,5,8-10H2,1-2H3,(H,16,22)/t11-/m1/s1. The van der Waals surface area contributed by atoms with Crippen molar-refractivity contribution in [1.29, 1.82) is 0 Å². The number of rotatable bonds is 5. The summed E-state index contributed by atoms with van der Waals surface area (Å²) in [4.78, 5) is 13.9. The average molecular weight is 303 g/mol. The molecule has 0 saturated carbocycles. The lowest BCUT2D eigenvalue weighted by Crippen LogP contribution is -2.43. The predicted octanol–water partition coefficient (Wildman–Crippen LogP) is 0.651. The van der Waals surface area contributed by atoms with Crippen LogP contribution in [0.2, 0.25) is 0 Å². The lowest BCUT2D eigenvalue weighted by atomic mass is 10.3. The second-order valence-electron chi connectivity index (χ2n) is 5.72. The van der Waals surface area contributed by atoms with Crippen LogP contribution in [0.1, 0.15) is 25.0 Å². The third-order valence-corrected chi connectivity index (χ3v) is 3.80. The van der Waals surface area contributed by atoms with E-state index in [1.165, 1.54) is 0 Å². The third-order valence-electron chi connectivity index (χ3n) is 3.80. The second-order valence-corrected chi connectivity index (χ2v) is 5.72. The molecule has 0 bridgehead atoms. The predicted molar refractivity (Wildman–Crippen MR) is 80.0 cm³/mol. The molecule has 0 radical (unpaired) electrons. The van der Waals surface area contributed by atoms with Gasteiger partial charge in [0, 0.05) is 38.4 Å². The monoisotopic (exact) mass is 303 g/mol. The van der Waals surface area contributed by atoms with Crippen molar-refractivity contribution in [3.05, 3.63) is 30.1 Å². The number of nitrogens with one attached hydrogen (secondary N) is 1. The summed E-state index contributed by atoms with van der Waals surface area (Å²) in [6, 6.07) is 1.75. The molecular weight excluding hydrogens is 282 g/mol. The highest BCUT2D eigenvalue weighted by atomic mass is 16.2. The van der Waals surface area contributed by atoms with Crippen molar-refractivity contribution in [1.82, 2.24) is 34.8 Å². The molecule has 8 heteroatoms. The van der Waals surface area contributed by atoms with E-state index in [1.807, 2.05) is 19.2 Å². The zero-order chi connectivity index (χ0) is 15.5. The molecule has 0 saturated heterocycles. The number of aryl methyl sites for hydroxylation is 1. The van der Waals surface area contributed by atoms with Gasteiger partial charge in [0.05, 0.1) is 13.1 Å². The number of hydrogen-bond acceptors (Lipinski definition) is 4. The second kappa shape index (κ2) is 6.17. The number of amides is 2. The average Bonchev–Trinajstić information content (AvgIpc) is 3.17. The molecule has 8 nitrogen and oxygen atoms in total. The minimum absolute atomic E-state index is 0.000959. The van der Waals surface area contributed by atoms with Crippen LogP contribution in [0.5, 0.6) is 0 Å². The highest BCUT2D eigenvalue weighted by Gasteiger charge is 2.20. The summed E-state index contributed by atoms with van der Waals surface area (Å²) in [6.07, 6.45) is 5.69. The summed E-state index contributed by atoms with van der Waals surface area (Å²) in [5, 5.41) is 15.4. The molecule has 118 valence electrons. The molecule has 1 aliphatic heterocycles. The van der Waals surface area contributed by atoms with Crippen LogP contribution in [0, 0.1) is 0 Å². The van der Waals surface area contributed by atoms with Gasteiger partial charge in [0.2, 0.25) is 0 Å². The first kappa shape index (κ1) is 14.6. The number of fused-ring (bicyclic) bond motifs is 1. The highest BCUT2D eigenvalue weighted by molar-refractivity contribution is 5.74. The molecule has 1 N–H and O–H groups in total. The van der Waals surface area contributed by atoms with Gasteiger partial charge in [-0.05, 0) is 19.4 Å². The van der Waals surface area contributed by atoms with E-state index in [0.29, 0.717) is 13.1 Å². The first-order chi connectivity index (χ1) is 10.6. The van der Waals surface area contributed by atoms with Gasteiger partial charge in [-0.2, -0.15) is 5.10 Å². The van der Waals surface area contributed by atoms with E-state index in [9.17, 15) is 4.79 Å². The molecule has 2 aromatic heterocycles. The quantitative estimate of drug-likeness (QED) is 0.879. The molecule has 1 atom stereocenters. The molecule has 2 aromatic rings. The first-order valence-corrected chi connectivity index (χ1v) is 7.53. The lowest BCUT2D eigenvalue weighted by Gasteiger charge is -2.21. The van der Waals surface area contributed by atoms with Crippen LogP contribution >= 0.6 is 0 Å². The van der Waals surface area contributed by atoms with Crippen molar-refractivity contribution < 1.29 is 4.79 Å². The Morgan fingerprint density at radius 1 is 1.50 bits per heavy atom. The van der Waals surface area contributed by atoms with Gasteiger partial charge in [-0.15, -0.1) is 10.2 Å². The van der Waals surface area contributed by atoms with E-state index >= 15 is 0 Å². The van der Waals surface area contributed by atoms with E-state index in [4.69, 9.17) is 0 Å². The summed E-state index contributed by atoms with van der Waals surface area (Å²) in [5.41, 5.74) is 0. The zero-order valence-corrected chi connectivity index (χ0v) is 12.9. The molecule has 2 amide bonds. The number of urea groups is 1. The Labute approximate surface area is 129 Å². The molecule has 22 heavy (non-hydrogen) atoms. The fraction of sp³-hybridized carbons (Fsp3) is 0.571. The van der Waals surface area contributed by atoms with Crippen LogP contribution in [0.25, 0.3) is 0 Å². The van der Waals surface area contributed by atoms with Crippen LogP contribution in [-0.2, 0) is 26.1 Å². The Balaban J connectivity index is 1.53. The van der Waals surface area contributed by atoms with E-state index in [2.05, 4.69) is 25.2 Å².